The van der Waals surface area contributed by atoms with Crippen molar-refractivity contribution in [1.29, 1.82) is 0 Å². The van der Waals surface area contributed by atoms with Crippen LogP contribution < -0.4 is 10.6 Å². The van der Waals surface area contributed by atoms with E-state index in [1.165, 1.54) is 22.7 Å². The van der Waals surface area contributed by atoms with Gasteiger partial charge in [-0.05, 0) is 87.6 Å². The van der Waals surface area contributed by atoms with Gasteiger partial charge in [-0.3, -0.25) is 14.4 Å². The molecule has 3 aromatic rings. The van der Waals surface area contributed by atoms with E-state index in [0.29, 0.717) is 17.1 Å². The molecule has 1 heterocycles. The zero-order valence-corrected chi connectivity index (χ0v) is 26.6. The van der Waals surface area contributed by atoms with E-state index in [1.54, 1.807) is 43.3 Å². The quantitative estimate of drug-likeness (QED) is 0.275. The summed E-state index contributed by atoms with van der Waals surface area (Å²) in [4.78, 5) is 42.3. The molecule has 0 unspecified atom stereocenters. The van der Waals surface area contributed by atoms with E-state index in [-0.39, 0.29) is 29.5 Å². The van der Waals surface area contributed by atoms with Crippen molar-refractivity contribution in [2.45, 2.75) is 70.5 Å². The van der Waals surface area contributed by atoms with Crippen molar-refractivity contribution >= 4 is 41.1 Å². The molecule has 0 aliphatic carbocycles. The Morgan fingerprint density at radius 2 is 1.65 bits per heavy atom. The van der Waals surface area contributed by atoms with Crippen molar-refractivity contribution in [1.82, 2.24) is 15.5 Å². The summed E-state index contributed by atoms with van der Waals surface area (Å²) in [7, 11) is 0. The lowest BCUT2D eigenvalue weighted by molar-refractivity contribution is -0.147. The molecular formula is C33H38ClN3O5S. The molecule has 0 spiro atoms. The normalized spacial score (nSPS) is 17.3. The van der Waals surface area contributed by atoms with Gasteiger partial charge in [0.1, 0.15) is 11.8 Å². The highest BCUT2D eigenvalue weighted by atomic mass is 35.5. The van der Waals surface area contributed by atoms with E-state index in [1.807, 2.05) is 45.9 Å². The first-order chi connectivity index (χ1) is 20.3. The van der Waals surface area contributed by atoms with Crippen molar-refractivity contribution < 1.29 is 24.6 Å². The number of aliphatic hydroxyl groups excluding tert-OH is 1. The molecule has 4 rings (SSSR count). The smallest absolute Gasteiger partial charge is 0.254 e. The van der Waals surface area contributed by atoms with Crippen LogP contribution in [0.4, 0.5) is 0 Å². The number of carbonyl (C=O) groups excluding carboxylic acids is 3. The number of halogens is 1. The molecule has 3 aromatic carbocycles. The number of nitrogens with one attached hydrogen (secondary N) is 2. The molecule has 1 aliphatic rings. The summed E-state index contributed by atoms with van der Waals surface area (Å²) in [6.07, 6.45) is -1.53. The molecule has 3 amide bonds. The number of phenols is 1. The molecule has 228 valence electrons. The van der Waals surface area contributed by atoms with E-state index in [9.17, 15) is 24.6 Å². The number of phenolic OH excluding ortho intramolecular Hbond substituents is 1. The third-order valence-electron chi connectivity index (χ3n) is 8.03. The number of nitrogens with zero attached hydrogens (tertiary/aromatic N) is 1. The van der Waals surface area contributed by atoms with Gasteiger partial charge in [0.15, 0.2) is 6.10 Å². The lowest BCUT2D eigenvalue weighted by Crippen LogP contribution is -2.58. The van der Waals surface area contributed by atoms with Gasteiger partial charge in [0.2, 0.25) is 5.91 Å². The Morgan fingerprint density at radius 3 is 2.30 bits per heavy atom. The van der Waals surface area contributed by atoms with Crippen LogP contribution >= 0.6 is 23.4 Å². The van der Waals surface area contributed by atoms with Gasteiger partial charge in [-0.25, -0.2) is 0 Å². The van der Waals surface area contributed by atoms with Gasteiger partial charge in [0.05, 0.1) is 11.9 Å². The minimum Gasteiger partial charge on any atom is -0.508 e. The summed E-state index contributed by atoms with van der Waals surface area (Å²) in [5, 5.41) is 28.0. The molecule has 1 fully saturated rings. The predicted molar refractivity (Wildman–Crippen MR) is 170 cm³/mol. The van der Waals surface area contributed by atoms with Crippen molar-refractivity contribution in [3.63, 3.8) is 0 Å². The number of aryl methyl sites for hydroxylation is 2. The standard InChI is InChI=1S/C33H38ClN3O5S/c1-19-8-6-9-20(2)25(19)17-35-31(41)29-33(4,5)43-18-37(29)32(42)28(39)26(16-22-12-14-23(34)15-13-22)36-30(40)24-10-7-11-27(38)21(24)3/h6-15,26,28-29,38-39H,16-18H2,1-5H3,(H,35,41)(H,36,40)/t26-,28-,29+/m0/s1. The highest BCUT2D eigenvalue weighted by Gasteiger charge is 2.49. The molecule has 43 heavy (non-hydrogen) atoms. The maximum absolute atomic E-state index is 13.9. The van der Waals surface area contributed by atoms with E-state index in [2.05, 4.69) is 10.6 Å². The maximum Gasteiger partial charge on any atom is 0.254 e. The SMILES string of the molecule is Cc1cccc(C)c1CNC(=O)[C@H]1N(C(=O)[C@@H](O)[C@H](Cc2ccc(Cl)cc2)NC(=O)c2cccc(O)c2C)CSC1(C)C. The van der Waals surface area contributed by atoms with Crippen molar-refractivity contribution in [3.05, 3.63) is 99.1 Å². The molecule has 1 aliphatic heterocycles. The highest BCUT2D eigenvalue weighted by molar-refractivity contribution is 8.00. The van der Waals surface area contributed by atoms with E-state index in [0.717, 1.165) is 22.3 Å². The molecule has 1 saturated heterocycles. The third-order valence-corrected chi connectivity index (χ3v) is 9.66. The van der Waals surface area contributed by atoms with Gasteiger partial charge in [-0.15, -0.1) is 11.8 Å². The fourth-order valence-electron chi connectivity index (χ4n) is 5.39. The van der Waals surface area contributed by atoms with Crippen LogP contribution in [-0.2, 0) is 22.6 Å². The van der Waals surface area contributed by atoms with Crippen LogP contribution in [0.2, 0.25) is 5.02 Å². The Kier molecular flexibility index (Phi) is 10.1. The van der Waals surface area contributed by atoms with Gasteiger partial charge in [0.25, 0.3) is 11.8 Å². The van der Waals surface area contributed by atoms with Crippen LogP contribution in [0.25, 0.3) is 0 Å². The zero-order chi connectivity index (χ0) is 31.5. The van der Waals surface area contributed by atoms with Gasteiger partial charge < -0.3 is 25.7 Å². The van der Waals surface area contributed by atoms with Gasteiger partial charge in [0, 0.05) is 27.4 Å². The topological polar surface area (TPSA) is 119 Å². The monoisotopic (exact) mass is 623 g/mol. The average Bonchev–Trinajstić information content (AvgIpc) is 3.28. The van der Waals surface area contributed by atoms with Crippen LogP contribution in [0.5, 0.6) is 5.75 Å². The predicted octanol–water partition coefficient (Wildman–Crippen LogP) is 4.67. The maximum atomic E-state index is 13.9. The minimum absolute atomic E-state index is 0.0374. The van der Waals surface area contributed by atoms with Gasteiger partial charge in [-0.2, -0.15) is 0 Å². The molecule has 3 atom stereocenters. The number of thioether (sulfide) groups is 1. The number of benzene rings is 3. The fraction of sp³-hybridized carbons (Fsp3) is 0.364. The average molecular weight is 624 g/mol. The number of aromatic hydroxyl groups is 1. The Morgan fingerprint density at radius 1 is 1.02 bits per heavy atom. The van der Waals surface area contributed by atoms with Crippen LogP contribution in [0.1, 0.15) is 52.0 Å². The van der Waals surface area contributed by atoms with Crippen LogP contribution in [0.15, 0.2) is 60.7 Å². The number of aliphatic hydroxyl groups is 1. The number of hydrogen-bond acceptors (Lipinski definition) is 6. The van der Waals surface area contributed by atoms with Gasteiger partial charge in [-0.1, -0.05) is 48.0 Å². The summed E-state index contributed by atoms with van der Waals surface area (Å²) in [5.74, 6) is -1.34. The molecule has 0 radical (unpaired) electrons. The Bertz CT molecular complexity index is 1490. The second-order valence-corrected chi connectivity index (χ2v) is 13.5. The van der Waals surface area contributed by atoms with Gasteiger partial charge >= 0.3 is 0 Å². The number of rotatable bonds is 9. The van der Waals surface area contributed by atoms with Crippen LogP contribution in [-0.4, -0.2) is 61.6 Å². The third kappa shape index (κ3) is 7.34. The number of carbonyl (C=O) groups is 3. The minimum atomic E-state index is -1.65. The lowest BCUT2D eigenvalue weighted by Gasteiger charge is -2.33. The Labute approximate surface area is 261 Å². The second-order valence-electron chi connectivity index (χ2n) is 11.5. The molecule has 4 N–H and O–H groups in total. The highest BCUT2D eigenvalue weighted by Crippen LogP contribution is 2.40. The molecule has 10 heteroatoms. The zero-order valence-electron chi connectivity index (χ0n) is 25.0. The summed E-state index contributed by atoms with van der Waals surface area (Å²) < 4.78 is -0.617. The number of amides is 3. The largest absolute Gasteiger partial charge is 0.508 e. The number of hydrogen-bond donors (Lipinski definition) is 4. The first-order valence-electron chi connectivity index (χ1n) is 14.1. The molecule has 0 aromatic heterocycles. The van der Waals surface area contributed by atoms with Crippen molar-refractivity contribution in [2.75, 3.05) is 5.88 Å². The van der Waals surface area contributed by atoms with E-state index >= 15 is 0 Å². The van der Waals surface area contributed by atoms with Crippen molar-refractivity contribution in [3.8, 4) is 5.75 Å². The van der Waals surface area contributed by atoms with E-state index < -0.39 is 34.7 Å². The second kappa shape index (κ2) is 13.4. The summed E-state index contributed by atoms with van der Waals surface area (Å²) in [6, 6.07) is 15.6. The summed E-state index contributed by atoms with van der Waals surface area (Å²) in [5.41, 5.74) is 4.49. The van der Waals surface area contributed by atoms with E-state index in [4.69, 9.17) is 11.6 Å². The summed E-state index contributed by atoms with van der Waals surface area (Å²) >= 11 is 7.51. The van der Waals surface area contributed by atoms with Crippen LogP contribution in [0, 0.1) is 20.8 Å². The Hall–Kier alpha value is -3.53. The van der Waals surface area contributed by atoms with Crippen molar-refractivity contribution in [2.24, 2.45) is 0 Å². The first kappa shape index (κ1) is 32.4. The fourth-order valence-corrected chi connectivity index (χ4v) is 6.65. The molecule has 0 saturated carbocycles. The molecule has 8 nitrogen and oxygen atoms in total. The summed E-state index contributed by atoms with van der Waals surface area (Å²) in [6.45, 7) is 9.71. The van der Waals surface area contributed by atoms with Crippen LogP contribution in [0.3, 0.4) is 0 Å². The molecular weight excluding hydrogens is 586 g/mol. The Balaban J connectivity index is 1.58. The first-order valence-corrected chi connectivity index (χ1v) is 15.5. The molecule has 0 bridgehead atoms. The lowest BCUT2D eigenvalue weighted by atomic mass is 9.96.